The number of halogens is 4. The lowest BCUT2D eigenvalue weighted by atomic mass is 10.3. The van der Waals surface area contributed by atoms with Crippen molar-refractivity contribution < 1.29 is 21.9 Å². The van der Waals surface area contributed by atoms with Crippen molar-refractivity contribution in [2.45, 2.75) is 26.3 Å². The molecule has 0 aromatic carbocycles. The summed E-state index contributed by atoms with van der Waals surface area (Å²) in [6.45, 7) is 3.22. The van der Waals surface area contributed by atoms with Crippen LogP contribution in [0.15, 0.2) is 24.5 Å². The molecular formula is C8H13BF4N2. The molecule has 86 valence electrons. The van der Waals surface area contributed by atoms with Gasteiger partial charge in [0.05, 0.1) is 6.20 Å². The van der Waals surface area contributed by atoms with E-state index in [1.807, 2.05) is 29.2 Å². The normalized spacial score (nSPS) is 10.5. The van der Waals surface area contributed by atoms with Crippen LogP contribution in [-0.4, -0.2) is 12.4 Å². The SMILES string of the molecule is CCCC[n+]1ccccn1.F[B-](F)(F)F. The highest BCUT2D eigenvalue weighted by atomic mass is 19.5. The van der Waals surface area contributed by atoms with Gasteiger partial charge in [0, 0.05) is 12.5 Å². The Labute approximate surface area is 86.0 Å². The summed E-state index contributed by atoms with van der Waals surface area (Å²) in [5, 5.41) is 4.13. The molecule has 1 aromatic heterocycles. The summed E-state index contributed by atoms with van der Waals surface area (Å²) < 4.78 is 41.0. The first kappa shape index (κ1) is 13.9. The van der Waals surface area contributed by atoms with Gasteiger partial charge in [-0.15, -0.1) is 0 Å². The lowest BCUT2D eigenvalue weighted by Gasteiger charge is -1.94. The van der Waals surface area contributed by atoms with Crippen LogP contribution in [0, 0.1) is 0 Å². The Bertz CT molecular complexity index is 247. The third-order valence-corrected chi connectivity index (χ3v) is 1.41. The second-order valence-electron chi connectivity index (χ2n) is 2.81. The Morgan fingerprint density at radius 2 is 1.80 bits per heavy atom. The second kappa shape index (κ2) is 7.20. The smallest absolute Gasteiger partial charge is 0.418 e. The lowest BCUT2D eigenvalue weighted by Crippen LogP contribution is -2.36. The summed E-state index contributed by atoms with van der Waals surface area (Å²) in [7, 11) is -6.00. The zero-order chi connectivity index (χ0) is 11.7. The monoisotopic (exact) mass is 224 g/mol. The summed E-state index contributed by atoms with van der Waals surface area (Å²) in [6.07, 6.45) is 6.25. The molecule has 0 aliphatic heterocycles. The highest BCUT2D eigenvalue weighted by molar-refractivity contribution is 6.50. The predicted molar refractivity (Wildman–Crippen MR) is 49.5 cm³/mol. The van der Waals surface area contributed by atoms with Crippen LogP contribution in [0.25, 0.3) is 0 Å². The van der Waals surface area contributed by atoms with Gasteiger partial charge >= 0.3 is 7.25 Å². The largest absolute Gasteiger partial charge is 0.673 e. The maximum absolute atomic E-state index is 9.75. The topological polar surface area (TPSA) is 16.8 Å². The molecule has 0 saturated heterocycles. The molecule has 1 aromatic rings. The van der Waals surface area contributed by atoms with E-state index in [-0.39, 0.29) is 0 Å². The van der Waals surface area contributed by atoms with Crippen LogP contribution >= 0.6 is 0 Å². The molecule has 0 fully saturated rings. The molecule has 0 amide bonds. The van der Waals surface area contributed by atoms with Crippen molar-refractivity contribution in [1.82, 2.24) is 5.10 Å². The fourth-order valence-electron chi connectivity index (χ4n) is 0.814. The number of aromatic nitrogens is 2. The fourth-order valence-corrected chi connectivity index (χ4v) is 0.814. The number of hydrogen-bond donors (Lipinski definition) is 0. The van der Waals surface area contributed by atoms with E-state index in [2.05, 4.69) is 12.0 Å². The Hall–Kier alpha value is -1.14. The average Bonchev–Trinajstić information content (AvgIpc) is 2.14. The van der Waals surface area contributed by atoms with E-state index in [1.54, 1.807) is 0 Å². The van der Waals surface area contributed by atoms with E-state index in [9.17, 15) is 17.3 Å². The van der Waals surface area contributed by atoms with Crippen LogP contribution < -0.4 is 4.68 Å². The van der Waals surface area contributed by atoms with Crippen LogP contribution in [-0.2, 0) is 6.54 Å². The van der Waals surface area contributed by atoms with Crippen LogP contribution in [0.4, 0.5) is 17.3 Å². The van der Waals surface area contributed by atoms with Gasteiger partial charge in [0.2, 0.25) is 0 Å². The Kier molecular flexibility index (Phi) is 6.65. The number of unbranched alkanes of at least 4 members (excludes halogenated alkanes) is 1. The third-order valence-electron chi connectivity index (χ3n) is 1.41. The highest BCUT2D eigenvalue weighted by Crippen LogP contribution is 2.06. The molecule has 0 radical (unpaired) electrons. The Morgan fingerprint density at radius 3 is 2.20 bits per heavy atom. The van der Waals surface area contributed by atoms with Crippen LogP contribution in [0.5, 0.6) is 0 Å². The molecule has 1 heterocycles. The standard InChI is InChI=1S/C8H13N2.BF4/c1-2-3-7-10-8-5-4-6-9-10;2-1(3,4)5/h4-6,8H,2-3,7H2,1H3;/q+1;-1. The van der Waals surface area contributed by atoms with Crippen molar-refractivity contribution >= 4 is 7.25 Å². The highest BCUT2D eigenvalue weighted by Gasteiger charge is 2.20. The van der Waals surface area contributed by atoms with Crippen LogP contribution in [0.2, 0.25) is 0 Å². The number of aryl methyl sites for hydroxylation is 1. The summed E-state index contributed by atoms with van der Waals surface area (Å²) >= 11 is 0. The van der Waals surface area contributed by atoms with Gasteiger partial charge in [-0.1, -0.05) is 18.0 Å². The van der Waals surface area contributed by atoms with Gasteiger partial charge in [-0.25, -0.2) is 0 Å². The second-order valence-corrected chi connectivity index (χ2v) is 2.81. The predicted octanol–water partition coefficient (Wildman–Crippen LogP) is 2.47. The first-order chi connectivity index (χ1) is 6.93. The lowest BCUT2D eigenvalue weighted by molar-refractivity contribution is -0.754. The number of nitrogens with zero attached hydrogens (tertiary/aromatic N) is 2. The van der Waals surface area contributed by atoms with Gasteiger partial charge in [0.15, 0.2) is 12.7 Å². The van der Waals surface area contributed by atoms with E-state index >= 15 is 0 Å². The molecule has 0 atom stereocenters. The number of hydrogen-bond acceptors (Lipinski definition) is 1. The zero-order valence-corrected chi connectivity index (χ0v) is 8.41. The summed E-state index contributed by atoms with van der Waals surface area (Å²) in [4.78, 5) is 0. The summed E-state index contributed by atoms with van der Waals surface area (Å²) in [5.74, 6) is 0. The molecule has 0 spiro atoms. The first-order valence-corrected chi connectivity index (χ1v) is 4.61. The van der Waals surface area contributed by atoms with Crippen molar-refractivity contribution in [1.29, 1.82) is 0 Å². The molecule has 0 aliphatic rings. The van der Waals surface area contributed by atoms with Crippen LogP contribution in [0.1, 0.15) is 19.8 Å². The van der Waals surface area contributed by atoms with Crippen molar-refractivity contribution in [2.75, 3.05) is 0 Å². The van der Waals surface area contributed by atoms with E-state index in [4.69, 9.17) is 0 Å². The van der Waals surface area contributed by atoms with Crippen molar-refractivity contribution in [2.24, 2.45) is 0 Å². The maximum atomic E-state index is 9.75. The minimum Gasteiger partial charge on any atom is -0.418 e. The third kappa shape index (κ3) is 12.9. The van der Waals surface area contributed by atoms with E-state index in [1.165, 1.54) is 12.8 Å². The average molecular weight is 224 g/mol. The number of rotatable bonds is 3. The molecule has 1 rings (SSSR count). The van der Waals surface area contributed by atoms with E-state index in [0.717, 1.165) is 6.54 Å². The molecule has 2 nitrogen and oxygen atoms in total. The molecule has 0 aliphatic carbocycles. The van der Waals surface area contributed by atoms with Gasteiger partial charge in [-0.05, 0) is 11.2 Å². The van der Waals surface area contributed by atoms with Gasteiger partial charge in [0.25, 0.3) is 0 Å². The minimum atomic E-state index is -6.00. The zero-order valence-electron chi connectivity index (χ0n) is 8.41. The summed E-state index contributed by atoms with van der Waals surface area (Å²) in [6, 6.07) is 3.94. The van der Waals surface area contributed by atoms with Crippen LogP contribution in [0.3, 0.4) is 0 Å². The molecular weight excluding hydrogens is 211 g/mol. The van der Waals surface area contributed by atoms with E-state index < -0.39 is 7.25 Å². The summed E-state index contributed by atoms with van der Waals surface area (Å²) in [5.41, 5.74) is 0. The van der Waals surface area contributed by atoms with Gasteiger partial charge < -0.3 is 17.3 Å². The maximum Gasteiger partial charge on any atom is 0.673 e. The minimum absolute atomic E-state index is 1.04. The fraction of sp³-hybridized carbons (Fsp3) is 0.500. The molecule has 7 heteroatoms. The molecule has 0 N–H and O–H groups in total. The Morgan fingerprint density at radius 1 is 1.20 bits per heavy atom. The van der Waals surface area contributed by atoms with E-state index in [0.29, 0.717) is 0 Å². The Balaban J connectivity index is 0.000000336. The van der Waals surface area contributed by atoms with Gasteiger partial charge in [0.1, 0.15) is 0 Å². The molecule has 0 unspecified atom stereocenters. The molecule has 0 saturated carbocycles. The van der Waals surface area contributed by atoms with Crippen molar-refractivity contribution in [3.8, 4) is 0 Å². The van der Waals surface area contributed by atoms with Gasteiger partial charge in [-0.2, -0.15) is 0 Å². The van der Waals surface area contributed by atoms with Crippen molar-refractivity contribution in [3.63, 3.8) is 0 Å². The van der Waals surface area contributed by atoms with Crippen molar-refractivity contribution in [3.05, 3.63) is 24.5 Å². The van der Waals surface area contributed by atoms with Gasteiger partial charge in [-0.3, -0.25) is 0 Å². The first-order valence-electron chi connectivity index (χ1n) is 4.61. The quantitative estimate of drug-likeness (QED) is 0.437. The molecule has 0 bridgehead atoms. The molecule has 15 heavy (non-hydrogen) atoms.